The van der Waals surface area contributed by atoms with Crippen LogP contribution < -0.4 is 5.73 Å². The lowest BCUT2D eigenvalue weighted by Crippen LogP contribution is -2.43. The predicted molar refractivity (Wildman–Crippen MR) is 67.8 cm³/mol. The van der Waals surface area contributed by atoms with Gasteiger partial charge < -0.3 is 20.3 Å². The Balaban J connectivity index is 2.42. The molecule has 102 valence electrons. The molecule has 0 radical (unpaired) electrons. The quantitative estimate of drug-likeness (QED) is 0.661. The number of ether oxygens (including phenoxy) is 2. The van der Waals surface area contributed by atoms with Crippen molar-refractivity contribution in [2.24, 2.45) is 16.6 Å². The molecule has 0 bridgehead atoms. The van der Waals surface area contributed by atoms with E-state index in [1.807, 2.05) is 0 Å². The largest absolute Gasteiger partial charge is 0.392 e. The fourth-order valence-electron chi connectivity index (χ4n) is 2.77. The number of nitrogens with two attached hydrogens (primary N) is 1. The predicted octanol–water partition coefficient (Wildman–Crippen LogP) is 1.17. The highest BCUT2D eigenvalue weighted by molar-refractivity contribution is 5.01. The Bertz CT molecular complexity index is 233. The first-order valence-corrected chi connectivity index (χ1v) is 6.43. The Morgan fingerprint density at radius 3 is 2.41 bits per heavy atom. The summed E-state index contributed by atoms with van der Waals surface area (Å²) in [6, 6.07) is 0. The zero-order chi connectivity index (χ0) is 12.9. The van der Waals surface area contributed by atoms with Crippen LogP contribution in [0.4, 0.5) is 0 Å². The molecular formula is C13H27NO3. The number of methoxy groups -OCH3 is 1. The lowest BCUT2D eigenvalue weighted by Gasteiger charge is -2.35. The van der Waals surface area contributed by atoms with Crippen molar-refractivity contribution in [3.05, 3.63) is 0 Å². The highest BCUT2D eigenvalue weighted by atomic mass is 16.5. The van der Waals surface area contributed by atoms with Gasteiger partial charge in [-0.1, -0.05) is 13.8 Å². The van der Waals surface area contributed by atoms with Gasteiger partial charge >= 0.3 is 0 Å². The molecule has 1 aliphatic carbocycles. The van der Waals surface area contributed by atoms with Crippen molar-refractivity contribution < 1.29 is 14.6 Å². The Labute approximate surface area is 104 Å². The van der Waals surface area contributed by atoms with Gasteiger partial charge in [0.05, 0.1) is 19.3 Å². The van der Waals surface area contributed by atoms with Gasteiger partial charge in [0.25, 0.3) is 0 Å². The Morgan fingerprint density at radius 2 is 1.94 bits per heavy atom. The van der Waals surface area contributed by atoms with Crippen LogP contribution in [0.5, 0.6) is 0 Å². The summed E-state index contributed by atoms with van der Waals surface area (Å²) in [6.07, 6.45) is 2.53. The van der Waals surface area contributed by atoms with Crippen LogP contribution in [0, 0.1) is 10.8 Å². The van der Waals surface area contributed by atoms with Crippen LogP contribution in [-0.4, -0.2) is 44.7 Å². The van der Waals surface area contributed by atoms with Crippen LogP contribution in [0.3, 0.4) is 0 Å². The van der Waals surface area contributed by atoms with Gasteiger partial charge in [0.2, 0.25) is 0 Å². The maximum atomic E-state index is 10.4. The summed E-state index contributed by atoms with van der Waals surface area (Å²) in [7, 11) is 1.66. The third-order valence-corrected chi connectivity index (χ3v) is 4.17. The second kappa shape index (κ2) is 6.14. The minimum Gasteiger partial charge on any atom is -0.392 e. The van der Waals surface area contributed by atoms with E-state index in [1.54, 1.807) is 7.11 Å². The molecule has 17 heavy (non-hydrogen) atoms. The SMILES string of the molecule is COCCOCCC1(CN)CCC(C)(C)C1O. The second-order valence-corrected chi connectivity index (χ2v) is 5.81. The maximum absolute atomic E-state index is 10.4. The summed E-state index contributed by atoms with van der Waals surface area (Å²) in [5.74, 6) is 0. The van der Waals surface area contributed by atoms with Gasteiger partial charge in [-0.05, 0) is 24.7 Å². The second-order valence-electron chi connectivity index (χ2n) is 5.81. The van der Waals surface area contributed by atoms with E-state index in [9.17, 15) is 5.11 Å². The first-order chi connectivity index (χ1) is 7.98. The number of hydrogen-bond donors (Lipinski definition) is 2. The molecule has 1 rings (SSSR count). The number of rotatable bonds is 7. The van der Waals surface area contributed by atoms with Crippen LogP contribution in [-0.2, 0) is 9.47 Å². The smallest absolute Gasteiger partial charge is 0.0700 e. The van der Waals surface area contributed by atoms with Gasteiger partial charge in [-0.15, -0.1) is 0 Å². The molecule has 4 heteroatoms. The van der Waals surface area contributed by atoms with E-state index < -0.39 is 0 Å². The van der Waals surface area contributed by atoms with Crippen LogP contribution >= 0.6 is 0 Å². The fourth-order valence-corrected chi connectivity index (χ4v) is 2.77. The fraction of sp³-hybridized carbons (Fsp3) is 1.00. The van der Waals surface area contributed by atoms with E-state index in [0.29, 0.717) is 26.4 Å². The Kier molecular flexibility index (Phi) is 5.38. The molecule has 1 saturated carbocycles. The van der Waals surface area contributed by atoms with E-state index in [1.165, 1.54) is 0 Å². The van der Waals surface area contributed by atoms with Crippen molar-refractivity contribution in [2.75, 3.05) is 33.5 Å². The summed E-state index contributed by atoms with van der Waals surface area (Å²) < 4.78 is 10.4. The van der Waals surface area contributed by atoms with Crippen LogP contribution in [0.2, 0.25) is 0 Å². The number of aliphatic hydroxyl groups excluding tert-OH is 1. The van der Waals surface area contributed by atoms with Crippen LogP contribution in [0.15, 0.2) is 0 Å². The zero-order valence-corrected chi connectivity index (χ0v) is 11.4. The molecule has 2 unspecified atom stereocenters. The standard InChI is InChI=1S/C13H27NO3/c1-12(2)4-5-13(10-14,11(12)15)6-7-17-9-8-16-3/h11,15H,4-10,14H2,1-3H3. The molecule has 1 aliphatic rings. The van der Waals surface area contributed by atoms with Gasteiger partial charge in [0.15, 0.2) is 0 Å². The zero-order valence-electron chi connectivity index (χ0n) is 11.4. The maximum Gasteiger partial charge on any atom is 0.0700 e. The molecule has 0 aromatic rings. The van der Waals surface area contributed by atoms with Crippen molar-refractivity contribution in [2.45, 2.75) is 39.2 Å². The lowest BCUT2D eigenvalue weighted by molar-refractivity contribution is -0.0270. The molecule has 0 aromatic heterocycles. The number of hydrogen-bond acceptors (Lipinski definition) is 4. The normalized spacial score (nSPS) is 31.9. The number of aliphatic hydroxyl groups is 1. The van der Waals surface area contributed by atoms with Crippen LogP contribution in [0.25, 0.3) is 0 Å². The van der Waals surface area contributed by atoms with Crippen LogP contribution in [0.1, 0.15) is 33.1 Å². The molecule has 0 amide bonds. The van der Waals surface area contributed by atoms with E-state index in [0.717, 1.165) is 19.3 Å². The molecule has 1 fully saturated rings. The third-order valence-electron chi connectivity index (χ3n) is 4.17. The summed E-state index contributed by atoms with van der Waals surface area (Å²) in [5.41, 5.74) is 5.70. The average Bonchev–Trinajstić information content (AvgIpc) is 2.53. The van der Waals surface area contributed by atoms with Crippen molar-refractivity contribution in [1.29, 1.82) is 0 Å². The van der Waals surface area contributed by atoms with E-state index in [-0.39, 0.29) is 16.9 Å². The van der Waals surface area contributed by atoms with Crippen molar-refractivity contribution in [3.63, 3.8) is 0 Å². The minimum atomic E-state index is -0.328. The first kappa shape index (κ1) is 14.9. The van der Waals surface area contributed by atoms with Gasteiger partial charge in [0, 0.05) is 25.7 Å². The molecule has 2 atom stereocenters. The molecule has 0 saturated heterocycles. The average molecular weight is 245 g/mol. The molecule has 4 nitrogen and oxygen atoms in total. The van der Waals surface area contributed by atoms with Crippen molar-refractivity contribution in [3.8, 4) is 0 Å². The lowest BCUT2D eigenvalue weighted by atomic mass is 9.76. The monoisotopic (exact) mass is 245 g/mol. The van der Waals surface area contributed by atoms with Crippen molar-refractivity contribution in [1.82, 2.24) is 0 Å². The Hall–Kier alpha value is -0.160. The highest BCUT2D eigenvalue weighted by Crippen LogP contribution is 2.50. The topological polar surface area (TPSA) is 64.7 Å². The highest BCUT2D eigenvalue weighted by Gasteiger charge is 2.50. The van der Waals surface area contributed by atoms with E-state index in [2.05, 4.69) is 13.8 Å². The van der Waals surface area contributed by atoms with Gasteiger partial charge in [0.1, 0.15) is 0 Å². The van der Waals surface area contributed by atoms with Gasteiger partial charge in [-0.3, -0.25) is 0 Å². The molecule has 0 aromatic carbocycles. The summed E-state index contributed by atoms with van der Waals surface area (Å²) in [4.78, 5) is 0. The van der Waals surface area contributed by atoms with Gasteiger partial charge in [-0.25, -0.2) is 0 Å². The summed E-state index contributed by atoms with van der Waals surface area (Å²) >= 11 is 0. The molecular weight excluding hydrogens is 218 g/mol. The van der Waals surface area contributed by atoms with E-state index >= 15 is 0 Å². The summed E-state index contributed by atoms with van der Waals surface area (Å²) in [5, 5.41) is 10.4. The minimum absolute atomic E-state index is 0.0219. The Morgan fingerprint density at radius 1 is 1.24 bits per heavy atom. The van der Waals surface area contributed by atoms with Crippen molar-refractivity contribution >= 4 is 0 Å². The molecule has 0 aliphatic heterocycles. The van der Waals surface area contributed by atoms with E-state index in [4.69, 9.17) is 15.2 Å². The molecule has 3 N–H and O–H groups in total. The molecule has 0 spiro atoms. The first-order valence-electron chi connectivity index (χ1n) is 6.43. The third kappa shape index (κ3) is 3.41. The summed E-state index contributed by atoms with van der Waals surface area (Å²) in [6.45, 7) is 6.63. The molecule has 0 heterocycles. The van der Waals surface area contributed by atoms with Gasteiger partial charge in [-0.2, -0.15) is 0 Å².